The molecule has 0 radical (unpaired) electrons. The van der Waals surface area contributed by atoms with Crippen molar-refractivity contribution in [3.05, 3.63) is 98.8 Å². The van der Waals surface area contributed by atoms with Gasteiger partial charge in [0.05, 0.1) is 11.1 Å². The molecule has 4 aromatic rings. The fourth-order valence-corrected chi connectivity index (χ4v) is 3.47. The molecule has 0 fully saturated rings. The highest BCUT2D eigenvalue weighted by atomic mass is 16.2. The topological polar surface area (TPSA) is 86.0 Å². The molecular weight excluding hydrogens is 380 g/mol. The highest BCUT2D eigenvalue weighted by Crippen LogP contribution is 2.19. The lowest BCUT2D eigenvalue weighted by Gasteiger charge is -2.14. The van der Waals surface area contributed by atoms with Crippen LogP contribution in [-0.2, 0) is 11.3 Å². The van der Waals surface area contributed by atoms with Crippen LogP contribution in [0.25, 0.3) is 16.7 Å². The van der Waals surface area contributed by atoms with Crippen molar-refractivity contribution >= 4 is 22.6 Å². The molecule has 0 bridgehead atoms. The molecule has 30 heavy (non-hydrogen) atoms. The summed E-state index contributed by atoms with van der Waals surface area (Å²) in [6, 6.07) is 17.8. The minimum Gasteiger partial charge on any atom is -0.324 e. The Labute approximate surface area is 172 Å². The third-order valence-electron chi connectivity index (χ3n) is 4.96. The van der Waals surface area contributed by atoms with Crippen LogP contribution in [0.4, 0.5) is 5.69 Å². The first-order valence-electron chi connectivity index (χ1n) is 9.49. The number of pyridine rings is 1. The minimum absolute atomic E-state index is 0.255. The summed E-state index contributed by atoms with van der Waals surface area (Å²) in [6.45, 7) is 3.38. The third-order valence-corrected chi connectivity index (χ3v) is 4.96. The van der Waals surface area contributed by atoms with Gasteiger partial charge in [0.1, 0.15) is 6.54 Å². The molecule has 0 aliphatic carbocycles. The predicted octanol–water partition coefficient (Wildman–Crippen LogP) is 2.80. The molecule has 0 saturated carbocycles. The largest absolute Gasteiger partial charge is 0.337 e. The van der Waals surface area contributed by atoms with Gasteiger partial charge < -0.3 is 5.32 Å². The number of carbonyl (C=O) groups excluding carboxylic acids is 1. The lowest BCUT2D eigenvalue weighted by molar-refractivity contribution is -0.116. The molecule has 150 valence electrons. The molecular formula is C23H20N4O3. The fraction of sp³-hybridized carbons (Fsp3) is 0.130. The molecule has 4 rings (SSSR count). The van der Waals surface area contributed by atoms with E-state index in [1.807, 2.05) is 38.1 Å². The normalized spacial score (nSPS) is 10.9. The van der Waals surface area contributed by atoms with Gasteiger partial charge in [-0.3, -0.25) is 9.59 Å². The fourth-order valence-electron chi connectivity index (χ4n) is 3.47. The van der Waals surface area contributed by atoms with Crippen LogP contribution in [0.1, 0.15) is 11.1 Å². The Morgan fingerprint density at radius 2 is 1.63 bits per heavy atom. The van der Waals surface area contributed by atoms with Crippen molar-refractivity contribution in [2.24, 2.45) is 0 Å². The average Bonchev–Trinajstić information content (AvgIpc) is 2.75. The third kappa shape index (κ3) is 3.41. The minimum atomic E-state index is -0.617. The second-order valence-electron chi connectivity index (χ2n) is 7.03. The summed E-state index contributed by atoms with van der Waals surface area (Å²) >= 11 is 0. The Bertz CT molecular complexity index is 1350. The average molecular weight is 400 g/mol. The standard InChI is InChI=1S/C23H20N4O3/c1-15-8-6-9-16(2)20(15)25-19(28)14-26-22(29)18-12-7-13-24-21(18)27(23(26)30)17-10-4-3-5-11-17/h3-13H,14H2,1-2H3,(H,25,28). The first-order chi connectivity index (χ1) is 14.5. The van der Waals surface area contributed by atoms with Crippen molar-refractivity contribution in [3.8, 4) is 5.69 Å². The van der Waals surface area contributed by atoms with Crippen LogP contribution in [0.2, 0.25) is 0 Å². The number of rotatable bonds is 4. The van der Waals surface area contributed by atoms with E-state index in [2.05, 4.69) is 10.3 Å². The van der Waals surface area contributed by atoms with E-state index in [0.29, 0.717) is 11.4 Å². The number of benzene rings is 2. The Kier molecular flexibility index (Phi) is 5.02. The summed E-state index contributed by atoms with van der Waals surface area (Å²) in [5, 5.41) is 3.09. The number of carbonyl (C=O) groups is 1. The number of anilines is 1. The van der Waals surface area contributed by atoms with Gasteiger partial charge in [-0.2, -0.15) is 0 Å². The van der Waals surface area contributed by atoms with E-state index < -0.39 is 23.7 Å². The zero-order valence-corrected chi connectivity index (χ0v) is 16.6. The van der Waals surface area contributed by atoms with Gasteiger partial charge in [-0.25, -0.2) is 18.9 Å². The van der Waals surface area contributed by atoms with Crippen molar-refractivity contribution in [1.82, 2.24) is 14.1 Å². The number of fused-ring (bicyclic) bond motifs is 1. The summed E-state index contributed by atoms with van der Waals surface area (Å²) in [6.07, 6.45) is 1.53. The molecule has 0 saturated heterocycles. The molecule has 2 heterocycles. The molecule has 0 aliphatic rings. The number of nitrogens with zero attached hydrogens (tertiary/aromatic N) is 3. The number of aryl methyl sites for hydroxylation is 2. The van der Waals surface area contributed by atoms with Gasteiger partial charge in [-0.15, -0.1) is 0 Å². The summed E-state index contributed by atoms with van der Waals surface area (Å²) in [4.78, 5) is 43.2. The van der Waals surface area contributed by atoms with Gasteiger partial charge in [0, 0.05) is 11.9 Å². The number of amides is 1. The molecule has 1 N–H and O–H groups in total. The second kappa shape index (κ2) is 7.79. The van der Waals surface area contributed by atoms with Crippen LogP contribution in [0, 0.1) is 13.8 Å². The number of hydrogen-bond donors (Lipinski definition) is 1. The SMILES string of the molecule is Cc1cccc(C)c1NC(=O)Cn1c(=O)c2cccnc2n(-c2ccccc2)c1=O. The lowest BCUT2D eigenvalue weighted by Crippen LogP contribution is -2.42. The van der Waals surface area contributed by atoms with Gasteiger partial charge >= 0.3 is 5.69 Å². The van der Waals surface area contributed by atoms with Crippen molar-refractivity contribution in [2.75, 3.05) is 5.32 Å². The van der Waals surface area contributed by atoms with E-state index in [9.17, 15) is 14.4 Å². The maximum Gasteiger partial charge on any atom is 0.337 e. The van der Waals surface area contributed by atoms with Gasteiger partial charge in [-0.1, -0.05) is 36.4 Å². The summed E-state index contributed by atoms with van der Waals surface area (Å²) in [7, 11) is 0. The van der Waals surface area contributed by atoms with Crippen molar-refractivity contribution in [2.45, 2.75) is 20.4 Å². The highest BCUT2D eigenvalue weighted by Gasteiger charge is 2.18. The van der Waals surface area contributed by atoms with Crippen LogP contribution in [0.15, 0.2) is 76.4 Å². The zero-order valence-electron chi connectivity index (χ0n) is 16.6. The van der Waals surface area contributed by atoms with Gasteiger partial charge in [-0.05, 0) is 49.2 Å². The van der Waals surface area contributed by atoms with E-state index >= 15 is 0 Å². The molecule has 1 amide bonds. The molecule has 0 unspecified atom stereocenters. The Balaban J connectivity index is 1.83. The first-order valence-corrected chi connectivity index (χ1v) is 9.49. The molecule has 0 spiro atoms. The lowest BCUT2D eigenvalue weighted by atomic mass is 10.1. The van der Waals surface area contributed by atoms with E-state index in [4.69, 9.17) is 0 Å². The highest BCUT2D eigenvalue weighted by molar-refractivity contribution is 5.92. The number of nitrogens with one attached hydrogen (secondary N) is 1. The molecule has 7 nitrogen and oxygen atoms in total. The van der Waals surface area contributed by atoms with Crippen LogP contribution >= 0.6 is 0 Å². The molecule has 7 heteroatoms. The Morgan fingerprint density at radius 3 is 2.33 bits per heavy atom. The summed E-state index contributed by atoms with van der Waals surface area (Å²) < 4.78 is 2.29. The van der Waals surface area contributed by atoms with Crippen LogP contribution in [0.3, 0.4) is 0 Å². The molecule has 2 aromatic heterocycles. The van der Waals surface area contributed by atoms with Crippen LogP contribution < -0.4 is 16.6 Å². The maximum absolute atomic E-state index is 13.2. The Morgan fingerprint density at radius 1 is 0.933 bits per heavy atom. The van der Waals surface area contributed by atoms with Crippen LogP contribution in [-0.4, -0.2) is 20.0 Å². The monoisotopic (exact) mass is 400 g/mol. The van der Waals surface area contributed by atoms with Gasteiger partial charge in [0.2, 0.25) is 5.91 Å². The van der Waals surface area contributed by atoms with E-state index in [1.54, 1.807) is 36.4 Å². The van der Waals surface area contributed by atoms with E-state index in [0.717, 1.165) is 15.7 Å². The van der Waals surface area contributed by atoms with Gasteiger partial charge in [0.15, 0.2) is 5.65 Å². The number of aromatic nitrogens is 3. The van der Waals surface area contributed by atoms with Crippen molar-refractivity contribution in [3.63, 3.8) is 0 Å². The first kappa shape index (κ1) is 19.3. The van der Waals surface area contributed by atoms with Gasteiger partial charge in [0.25, 0.3) is 5.56 Å². The number of para-hydroxylation sites is 2. The van der Waals surface area contributed by atoms with E-state index in [-0.39, 0.29) is 11.0 Å². The second-order valence-corrected chi connectivity index (χ2v) is 7.03. The van der Waals surface area contributed by atoms with Crippen LogP contribution in [0.5, 0.6) is 0 Å². The summed E-state index contributed by atoms with van der Waals surface area (Å²) in [5.41, 5.74) is 2.14. The maximum atomic E-state index is 13.2. The molecule has 0 atom stereocenters. The molecule has 0 aliphatic heterocycles. The van der Waals surface area contributed by atoms with Crippen molar-refractivity contribution in [1.29, 1.82) is 0 Å². The molecule has 2 aromatic carbocycles. The zero-order chi connectivity index (χ0) is 21.3. The predicted molar refractivity (Wildman–Crippen MR) is 116 cm³/mol. The quantitative estimate of drug-likeness (QED) is 0.571. The smallest absolute Gasteiger partial charge is 0.324 e. The Hall–Kier alpha value is -4.00. The van der Waals surface area contributed by atoms with E-state index in [1.165, 1.54) is 10.8 Å². The van der Waals surface area contributed by atoms with Crippen molar-refractivity contribution < 1.29 is 4.79 Å². The number of hydrogen-bond acceptors (Lipinski definition) is 4. The summed E-state index contributed by atoms with van der Waals surface area (Å²) in [5.74, 6) is -0.450.